The summed E-state index contributed by atoms with van der Waals surface area (Å²) in [6.45, 7) is 4.54. The Morgan fingerprint density at radius 3 is 2.37 bits per heavy atom. The lowest BCUT2D eigenvalue weighted by Gasteiger charge is -2.30. The number of methoxy groups -OCH3 is 1. The van der Waals surface area contributed by atoms with Crippen molar-refractivity contribution in [2.75, 3.05) is 20.3 Å². The van der Waals surface area contributed by atoms with Crippen LogP contribution >= 0.6 is 0 Å². The Kier molecular flexibility index (Phi) is 5.96. The van der Waals surface area contributed by atoms with E-state index in [1.807, 2.05) is 37.3 Å². The third-order valence-electron chi connectivity index (χ3n) is 4.94. The second kappa shape index (κ2) is 8.39. The van der Waals surface area contributed by atoms with Crippen LogP contribution in [0.5, 0.6) is 0 Å². The van der Waals surface area contributed by atoms with Gasteiger partial charge in [0.15, 0.2) is 0 Å². The molecule has 2 aliphatic rings. The van der Waals surface area contributed by atoms with Gasteiger partial charge in [-0.25, -0.2) is 9.59 Å². The largest absolute Gasteiger partial charge is 0.466 e. The number of hydrogen-bond donors (Lipinski definition) is 1. The molecular formula is C21H25NO5. The number of benzene rings is 1. The maximum absolute atomic E-state index is 13.0. The lowest BCUT2D eigenvalue weighted by molar-refractivity contribution is -0.142. The van der Waals surface area contributed by atoms with Crippen LogP contribution in [0.4, 0.5) is 0 Å². The Labute approximate surface area is 159 Å². The molecule has 1 saturated heterocycles. The summed E-state index contributed by atoms with van der Waals surface area (Å²) in [5.41, 5.74) is 3.01. The summed E-state index contributed by atoms with van der Waals surface area (Å²) in [5.74, 6) is -1.46. The van der Waals surface area contributed by atoms with Crippen molar-refractivity contribution in [3.8, 4) is 0 Å². The highest BCUT2D eigenvalue weighted by Gasteiger charge is 2.38. The summed E-state index contributed by atoms with van der Waals surface area (Å²) >= 11 is 0. The van der Waals surface area contributed by atoms with Gasteiger partial charge in [0, 0.05) is 18.0 Å². The lowest BCUT2D eigenvalue weighted by atomic mass is 9.80. The summed E-state index contributed by atoms with van der Waals surface area (Å²) in [6, 6.07) is 9.45. The summed E-state index contributed by atoms with van der Waals surface area (Å²) < 4.78 is 16.1. The number of hydrogen-bond acceptors (Lipinski definition) is 6. The van der Waals surface area contributed by atoms with Gasteiger partial charge in [-0.3, -0.25) is 0 Å². The quantitative estimate of drug-likeness (QED) is 0.803. The molecule has 27 heavy (non-hydrogen) atoms. The molecule has 1 aromatic rings. The van der Waals surface area contributed by atoms with Gasteiger partial charge in [-0.2, -0.15) is 0 Å². The zero-order valence-corrected chi connectivity index (χ0v) is 15.9. The van der Waals surface area contributed by atoms with E-state index in [0.717, 1.165) is 18.4 Å². The SMILES string of the molecule is COC(=O)C1=C(C)NC(C)=C(C(=O)OCC2CCCO2)C1c1ccccc1. The zero-order valence-electron chi connectivity index (χ0n) is 15.9. The molecule has 0 radical (unpaired) electrons. The van der Waals surface area contributed by atoms with Gasteiger partial charge in [-0.05, 0) is 32.3 Å². The predicted octanol–water partition coefficient (Wildman–Crippen LogP) is 2.82. The first-order valence-corrected chi connectivity index (χ1v) is 9.13. The number of ether oxygens (including phenoxy) is 3. The normalized spacial score (nSPS) is 22.5. The topological polar surface area (TPSA) is 73.9 Å². The van der Waals surface area contributed by atoms with Gasteiger partial charge < -0.3 is 19.5 Å². The van der Waals surface area contributed by atoms with E-state index in [-0.39, 0.29) is 12.7 Å². The molecule has 0 spiro atoms. The molecule has 6 heteroatoms. The van der Waals surface area contributed by atoms with Crippen molar-refractivity contribution >= 4 is 11.9 Å². The van der Waals surface area contributed by atoms with E-state index in [4.69, 9.17) is 14.2 Å². The number of nitrogens with one attached hydrogen (secondary N) is 1. The fourth-order valence-electron chi connectivity index (χ4n) is 3.65. The van der Waals surface area contributed by atoms with Gasteiger partial charge in [-0.15, -0.1) is 0 Å². The molecule has 0 aromatic heterocycles. The van der Waals surface area contributed by atoms with E-state index in [1.54, 1.807) is 6.92 Å². The number of carbonyl (C=O) groups excluding carboxylic acids is 2. The van der Waals surface area contributed by atoms with Gasteiger partial charge in [-0.1, -0.05) is 30.3 Å². The maximum atomic E-state index is 13.0. The minimum absolute atomic E-state index is 0.0565. The summed E-state index contributed by atoms with van der Waals surface area (Å²) in [4.78, 5) is 25.4. The first-order chi connectivity index (χ1) is 13.0. The second-order valence-electron chi connectivity index (χ2n) is 6.77. The average Bonchev–Trinajstić information content (AvgIpc) is 3.19. The number of rotatable bonds is 5. The molecule has 2 unspecified atom stereocenters. The van der Waals surface area contributed by atoms with Crippen LogP contribution in [0.15, 0.2) is 52.9 Å². The monoisotopic (exact) mass is 371 g/mol. The molecule has 0 bridgehead atoms. The van der Waals surface area contributed by atoms with Gasteiger partial charge in [0.1, 0.15) is 6.61 Å². The molecule has 1 N–H and O–H groups in total. The van der Waals surface area contributed by atoms with Crippen molar-refractivity contribution in [1.29, 1.82) is 0 Å². The van der Waals surface area contributed by atoms with Crippen molar-refractivity contribution in [3.05, 3.63) is 58.4 Å². The van der Waals surface area contributed by atoms with E-state index >= 15 is 0 Å². The van der Waals surface area contributed by atoms with Crippen LogP contribution in [0.3, 0.4) is 0 Å². The van der Waals surface area contributed by atoms with E-state index in [2.05, 4.69) is 5.32 Å². The molecule has 1 aromatic carbocycles. The third-order valence-corrected chi connectivity index (χ3v) is 4.94. The summed E-state index contributed by atoms with van der Waals surface area (Å²) in [7, 11) is 1.34. The molecule has 2 heterocycles. The fraction of sp³-hybridized carbons (Fsp3) is 0.429. The lowest BCUT2D eigenvalue weighted by Crippen LogP contribution is -2.33. The maximum Gasteiger partial charge on any atom is 0.336 e. The Morgan fingerprint density at radius 1 is 1.11 bits per heavy atom. The van der Waals surface area contributed by atoms with Gasteiger partial charge in [0.25, 0.3) is 0 Å². The molecule has 1 fully saturated rings. The molecule has 0 saturated carbocycles. The standard InChI is InChI=1S/C21H25NO5/c1-13-17(20(23)25-3)19(15-8-5-4-6-9-15)18(14(2)22-13)21(24)27-12-16-10-7-11-26-16/h4-6,8-9,16,19,22H,7,10-12H2,1-3H3. The molecule has 3 rings (SSSR count). The molecule has 144 valence electrons. The van der Waals surface area contributed by atoms with E-state index < -0.39 is 17.9 Å². The van der Waals surface area contributed by atoms with E-state index in [1.165, 1.54) is 7.11 Å². The van der Waals surface area contributed by atoms with E-state index in [9.17, 15) is 9.59 Å². The van der Waals surface area contributed by atoms with Crippen molar-refractivity contribution in [2.45, 2.75) is 38.7 Å². The smallest absolute Gasteiger partial charge is 0.336 e. The van der Waals surface area contributed by atoms with Crippen LogP contribution in [0.1, 0.15) is 38.2 Å². The minimum Gasteiger partial charge on any atom is -0.466 e. The van der Waals surface area contributed by atoms with Crippen LogP contribution in [0.25, 0.3) is 0 Å². The van der Waals surface area contributed by atoms with Crippen molar-refractivity contribution in [3.63, 3.8) is 0 Å². The third kappa shape index (κ3) is 4.06. The average molecular weight is 371 g/mol. The van der Waals surface area contributed by atoms with Crippen LogP contribution < -0.4 is 5.32 Å². The van der Waals surface area contributed by atoms with Crippen molar-refractivity contribution < 1.29 is 23.8 Å². The first kappa shape index (κ1) is 19.2. The minimum atomic E-state index is -0.545. The summed E-state index contributed by atoms with van der Waals surface area (Å²) in [5, 5.41) is 3.13. The summed E-state index contributed by atoms with van der Waals surface area (Å²) in [6.07, 6.45) is 1.81. The number of esters is 2. The number of dihydropyridines is 1. The molecule has 6 nitrogen and oxygen atoms in total. The van der Waals surface area contributed by atoms with Gasteiger partial charge in [0.2, 0.25) is 0 Å². The van der Waals surface area contributed by atoms with Gasteiger partial charge in [0.05, 0.1) is 30.3 Å². The highest BCUT2D eigenvalue weighted by Crippen LogP contribution is 2.39. The highest BCUT2D eigenvalue weighted by atomic mass is 16.6. The highest BCUT2D eigenvalue weighted by molar-refractivity contribution is 5.99. The molecule has 0 amide bonds. The van der Waals surface area contributed by atoms with Crippen LogP contribution in [0.2, 0.25) is 0 Å². The number of carbonyl (C=O) groups is 2. The van der Waals surface area contributed by atoms with Crippen molar-refractivity contribution in [2.24, 2.45) is 0 Å². The Morgan fingerprint density at radius 2 is 1.78 bits per heavy atom. The Balaban J connectivity index is 1.94. The fourth-order valence-corrected chi connectivity index (χ4v) is 3.65. The second-order valence-corrected chi connectivity index (χ2v) is 6.77. The van der Waals surface area contributed by atoms with Crippen LogP contribution in [-0.2, 0) is 23.8 Å². The van der Waals surface area contributed by atoms with Crippen LogP contribution in [0, 0.1) is 0 Å². The molecule has 2 atom stereocenters. The number of allylic oxidation sites excluding steroid dienone is 2. The zero-order chi connectivity index (χ0) is 19.4. The predicted molar refractivity (Wildman–Crippen MR) is 99.7 cm³/mol. The molecule has 2 aliphatic heterocycles. The van der Waals surface area contributed by atoms with Gasteiger partial charge >= 0.3 is 11.9 Å². The van der Waals surface area contributed by atoms with Crippen LogP contribution in [-0.4, -0.2) is 38.4 Å². The van der Waals surface area contributed by atoms with Crippen molar-refractivity contribution in [1.82, 2.24) is 5.32 Å². The van der Waals surface area contributed by atoms with E-state index in [0.29, 0.717) is 29.1 Å². The first-order valence-electron chi connectivity index (χ1n) is 9.13. The molecular weight excluding hydrogens is 346 g/mol. The Bertz CT molecular complexity index is 775. The molecule has 0 aliphatic carbocycles. The Hall–Kier alpha value is -2.60.